The average Bonchev–Trinajstić information content (AvgIpc) is 3.61. The van der Waals surface area contributed by atoms with Gasteiger partial charge in [-0.15, -0.1) is 13.2 Å². The summed E-state index contributed by atoms with van der Waals surface area (Å²) in [5.41, 5.74) is 6.93. The van der Waals surface area contributed by atoms with Crippen LogP contribution in [-0.4, -0.2) is 23.5 Å². The predicted molar refractivity (Wildman–Crippen MR) is 190 cm³/mol. The summed E-state index contributed by atoms with van der Waals surface area (Å²) in [6.07, 6.45) is 30.6. The van der Waals surface area contributed by atoms with Crippen LogP contribution in [0.5, 0.6) is 0 Å². The van der Waals surface area contributed by atoms with Crippen LogP contribution in [0.15, 0.2) is 25.1 Å². The van der Waals surface area contributed by atoms with Crippen molar-refractivity contribution in [2.24, 2.45) is 17.1 Å². The zero-order valence-corrected chi connectivity index (χ0v) is 29.8. The maximum absolute atomic E-state index is 9.94. The van der Waals surface area contributed by atoms with Gasteiger partial charge < -0.3 is 21.0 Å². The van der Waals surface area contributed by atoms with Crippen LogP contribution in [0, 0.1) is 11.3 Å². The van der Waals surface area contributed by atoms with Gasteiger partial charge in [-0.3, -0.25) is 0 Å². The first-order valence-electron chi connectivity index (χ1n) is 17.9. The largest absolute Gasteiger partial charge is 0.401 e. The third kappa shape index (κ3) is 34.9. The van der Waals surface area contributed by atoms with Gasteiger partial charge in [0.2, 0.25) is 0 Å². The zero-order valence-electron chi connectivity index (χ0n) is 29.8. The van der Waals surface area contributed by atoms with Crippen molar-refractivity contribution >= 4 is 6.29 Å². The molecule has 0 aromatic carbocycles. The van der Waals surface area contributed by atoms with E-state index >= 15 is 0 Å². The van der Waals surface area contributed by atoms with Crippen molar-refractivity contribution < 1.29 is 9.90 Å². The molecule has 1 aliphatic rings. The number of aliphatic hydroxyl groups is 1. The standard InChI is InChI=1S/C22H44N2O.C10H20O.C4H10.C2H4/c1-5-6-7-8-9-10-11-15-22(4)16-19(22)17-24-18-20(23)13-12-14-21(2,3)25;1-2-3-4-5-6-7-8-9-10-11;1-3-4-2;1-2/h18-19,24-25H,5-17,23H2,1-4H3;10H,2-9H2,1H3;3-4H2,1-2H3;1-2H2/b20-18-;;;. The van der Waals surface area contributed by atoms with E-state index in [1.807, 2.05) is 20.0 Å². The second-order valence-corrected chi connectivity index (χ2v) is 13.3. The van der Waals surface area contributed by atoms with Crippen LogP contribution in [0.1, 0.15) is 190 Å². The number of hydrogen-bond donors (Lipinski definition) is 3. The molecule has 4 N–H and O–H groups in total. The Balaban J connectivity index is -0.000000740. The van der Waals surface area contributed by atoms with E-state index in [4.69, 9.17) is 5.73 Å². The second-order valence-electron chi connectivity index (χ2n) is 13.3. The fraction of sp³-hybridized carbons (Fsp3) is 0.868. The van der Waals surface area contributed by atoms with Crippen LogP contribution in [0.3, 0.4) is 0 Å². The summed E-state index contributed by atoms with van der Waals surface area (Å²) in [6.45, 7) is 22.1. The number of allylic oxidation sites excluding steroid dienone is 1. The van der Waals surface area contributed by atoms with E-state index in [0.717, 1.165) is 56.5 Å². The Morgan fingerprint density at radius 2 is 1.31 bits per heavy atom. The SMILES string of the molecule is C=C.CCCC.CCCCCCCCCC1(C)CC1CN/C=C(\N)CCCC(C)(C)O.CCCCCCCCCC=O. The fourth-order valence-corrected chi connectivity index (χ4v) is 4.93. The van der Waals surface area contributed by atoms with Gasteiger partial charge in [-0.25, -0.2) is 0 Å². The van der Waals surface area contributed by atoms with Crippen molar-refractivity contribution in [3.05, 3.63) is 25.1 Å². The first-order valence-corrected chi connectivity index (χ1v) is 17.9. The minimum Gasteiger partial charge on any atom is -0.401 e. The van der Waals surface area contributed by atoms with E-state index in [2.05, 4.69) is 53.1 Å². The average molecular weight is 595 g/mol. The minimum absolute atomic E-state index is 0.569. The summed E-state index contributed by atoms with van der Waals surface area (Å²) < 4.78 is 0. The smallest absolute Gasteiger partial charge is 0.119 e. The van der Waals surface area contributed by atoms with Gasteiger partial charge >= 0.3 is 0 Å². The highest BCUT2D eigenvalue weighted by Crippen LogP contribution is 2.55. The first kappa shape index (κ1) is 45.1. The molecule has 4 heteroatoms. The number of carbonyl (C=O) groups is 1. The molecule has 1 aliphatic carbocycles. The Kier molecular flexibility index (Phi) is 35.1. The second kappa shape index (κ2) is 32.6. The molecule has 0 bridgehead atoms. The predicted octanol–water partition coefficient (Wildman–Crippen LogP) is 11.4. The van der Waals surface area contributed by atoms with E-state index in [9.17, 15) is 9.90 Å². The molecule has 0 aromatic heterocycles. The number of carbonyl (C=O) groups excluding carboxylic acids is 1. The van der Waals surface area contributed by atoms with Crippen molar-refractivity contribution in [2.45, 2.75) is 195 Å². The Morgan fingerprint density at radius 3 is 1.76 bits per heavy atom. The number of unbranched alkanes of at least 4 members (excludes halogenated alkanes) is 14. The van der Waals surface area contributed by atoms with Crippen molar-refractivity contribution in [1.29, 1.82) is 0 Å². The maximum atomic E-state index is 9.94. The van der Waals surface area contributed by atoms with Gasteiger partial charge in [0.25, 0.3) is 0 Å². The van der Waals surface area contributed by atoms with E-state index < -0.39 is 5.60 Å². The number of hydrogen-bond acceptors (Lipinski definition) is 4. The molecule has 0 saturated heterocycles. The van der Waals surface area contributed by atoms with Gasteiger partial charge in [0.05, 0.1) is 5.60 Å². The van der Waals surface area contributed by atoms with Crippen LogP contribution in [0.4, 0.5) is 0 Å². The van der Waals surface area contributed by atoms with Gasteiger partial charge in [-0.05, 0) is 63.7 Å². The molecule has 42 heavy (non-hydrogen) atoms. The molecule has 0 heterocycles. The molecule has 0 radical (unpaired) electrons. The van der Waals surface area contributed by atoms with Crippen LogP contribution in [-0.2, 0) is 4.79 Å². The molecule has 2 unspecified atom stereocenters. The molecule has 0 amide bonds. The van der Waals surface area contributed by atoms with Crippen molar-refractivity contribution in [3.63, 3.8) is 0 Å². The molecular weight excluding hydrogens is 516 g/mol. The molecule has 2 atom stereocenters. The normalized spacial score (nSPS) is 17.5. The van der Waals surface area contributed by atoms with Crippen LogP contribution >= 0.6 is 0 Å². The molecule has 4 nitrogen and oxygen atoms in total. The quantitative estimate of drug-likeness (QED) is 0.0590. The lowest BCUT2D eigenvalue weighted by atomic mass is 9.97. The van der Waals surface area contributed by atoms with Gasteiger partial charge in [0, 0.05) is 24.9 Å². The minimum atomic E-state index is -0.584. The van der Waals surface area contributed by atoms with Crippen molar-refractivity contribution in [3.8, 4) is 0 Å². The summed E-state index contributed by atoms with van der Waals surface area (Å²) in [4.78, 5) is 9.94. The number of rotatable bonds is 24. The van der Waals surface area contributed by atoms with Crippen LogP contribution in [0.25, 0.3) is 0 Å². The van der Waals surface area contributed by atoms with Gasteiger partial charge in [-0.2, -0.15) is 0 Å². The number of nitrogens with two attached hydrogens (primary N) is 1. The molecule has 0 aromatic rings. The van der Waals surface area contributed by atoms with Crippen molar-refractivity contribution in [2.75, 3.05) is 6.54 Å². The molecule has 0 aliphatic heterocycles. The van der Waals surface area contributed by atoms with Crippen LogP contribution in [0.2, 0.25) is 0 Å². The summed E-state index contributed by atoms with van der Waals surface area (Å²) in [5, 5.41) is 13.1. The lowest BCUT2D eigenvalue weighted by Gasteiger charge is -2.16. The molecule has 1 fully saturated rings. The fourth-order valence-electron chi connectivity index (χ4n) is 4.93. The van der Waals surface area contributed by atoms with Gasteiger partial charge in [0.15, 0.2) is 0 Å². The lowest BCUT2D eigenvalue weighted by Crippen LogP contribution is -2.19. The lowest BCUT2D eigenvalue weighted by molar-refractivity contribution is -0.107. The highest BCUT2D eigenvalue weighted by molar-refractivity contribution is 5.48. The van der Waals surface area contributed by atoms with E-state index in [0.29, 0.717) is 5.41 Å². The van der Waals surface area contributed by atoms with E-state index in [1.165, 1.54) is 109 Å². The monoisotopic (exact) mass is 595 g/mol. The summed E-state index contributed by atoms with van der Waals surface area (Å²) in [6, 6.07) is 0. The van der Waals surface area contributed by atoms with Crippen molar-refractivity contribution in [1.82, 2.24) is 5.32 Å². The Hall–Kier alpha value is -1.29. The highest BCUT2D eigenvalue weighted by Gasteiger charge is 2.48. The molecule has 252 valence electrons. The molecular formula is C38H78N2O2. The number of nitrogens with one attached hydrogen (secondary N) is 1. The molecule has 0 spiro atoms. The van der Waals surface area contributed by atoms with Gasteiger partial charge in [0.1, 0.15) is 6.29 Å². The summed E-state index contributed by atoms with van der Waals surface area (Å²) in [5.74, 6) is 0.813. The van der Waals surface area contributed by atoms with E-state index in [-0.39, 0.29) is 0 Å². The Labute approximate surface area is 265 Å². The highest BCUT2D eigenvalue weighted by atomic mass is 16.3. The zero-order chi connectivity index (χ0) is 32.5. The van der Waals surface area contributed by atoms with Gasteiger partial charge in [-0.1, -0.05) is 131 Å². The third-order valence-corrected chi connectivity index (χ3v) is 8.22. The summed E-state index contributed by atoms with van der Waals surface area (Å²) in [7, 11) is 0. The molecule has 1 rings (SSSR count). The van der Waals surface area contributed by atoms with Crippen LogP contribution < -0.4 is 11.1 Å². The Morgan fingerprint density at radius 1 is 0.833 bits per heavy atom. The van der Waals surface area contributed by atoms with E-state index in [1.54, 1.807) is 0 Å². The maximum Gasteiger partial charge on any atom is 0.119 e. The first-order chi connectivity index (χ1) is 20.1. The Bertz CT molecular complexity index is 582. The topological polar surface area (TPSA) is 75.3 Å². The summed E-state index contributed by atoms with van der Waals surface area (Å²) >= 11 is 0. The molecule has 1 saturated carbocycles. The third-order valence-electron chi connectivity index (χ3n) is 8.22. The number of aldehydes is 1.